The van der Waals surface area contributed by atoms with Crippen LogP contribution in [-0.2, 0) is 0 Å². The molecule has 0 bridgehead atoms. The Hall–Kier alpha value is -1.28. The molecule has 112 valence electrons. The Bertz CT molecular complexity index is 563. The van der Waals surface area contributed by atoms with Crippen molar-refractivity contribution in [3.8, 4) is 6.07 Å². The Balaban J connectivity index is 2.04. The highest BCUT2D eigenvalue weighted by atomic mass is 35.5. The maximum atomic E-state index is 12.5. The predicted molar refractivity (Wildman–Crippen MR) is 83.6 cm³/mol. The lowest BCUT2D eigenvalue weighted by atomic mass is 10.1. The van der Waals surface area contributed by atoms with Crippen molar-refractivity contribution in [2.24, 2.45) is 0 Å². The second kappa shape index (κ2) is 7.13. The highest BCUT2D eigenvalue weighted by Gasteiger charge is 2.26. The molecule has 1 fully saturated rings. The number of carbonyl (C=O) groups is 1. The molecule has 0 radical (unpaired) electrons. The molecule has 1 atom stereocenters. The van der Waals surface area contributed by atoms with Gasteiger partial charge in [0.25, 0.3) is 5.91 Å². The summed E-state index contributed by atoms with van der Waals surface area (Å²) in [6.07, 6.45) is 0.796. The first-order valence-electron chi connectivity index (χ1n) is 6.94. The Morgan fingerprint density at radius 3 is 2.57 bits per heavy atom. The molecule has 21 heavy (non-hydrogen) atoms. The minimum atomic E-state index is -0.104. The molecule has 4 nitrogen and oxygen atoms in total. The van der Waals surface area contributed by atoms with E-state index in [0.29, 0.717) is 41.8 Å². The first kappa shape index (κ1) is 16.1. The molecule has 1 aliphatic rings. The number of halogens is 2. The van der Waals surface area contributed by atoms with Gasteiger partial charge in [-0.3, -0.25) is 9.69 Å². The van der Waals surface area contributed by atoms with E-state index in [9.17, 15) is 4.79 Å². The number of rotatable bonds is 3. The van der Waals surface area contributed by atoms with Crippen LogP contribution in [0.15, 0.2) is 18.2 Å². The van der Waals surface area contributed by atoms with Crippen molar-refractivity contribution in [1.82, 2.24) is 9.80 Å². The first-order chi connectivity index (χ1) is 10.1. The fourth-order valence-electron chi connectivity index (χ4n) is 2.50. The summed E-state index contributed by atoms with van der Waals surface area (Å²) in [5.41, 5.74) is 0.435. The number of amides is 1. The van der Waals surface area contributed by atoms with E-state index in [1.54, 1.807) is 23.1 Å². The number of nitrogens with zero attached hydrogens (tertiary/aromatic N) is 3. The van der Waals surface area contributed by atoms with Crippen molar-refractivity contribution in [2.45, 2.75) is 19.4 Å². The molecule has 1 amide bonds. The van der Waals surface area contributed by atoms with Crippen molar-refractivity contribution < 1.29 is 4.79 Å². The molecule has 0 N–H and O–H groups in total. The van der Waals surface area contributed by atoms with E-state index in [-0.39, 0.29) is 11.9 Å². The van der Waals surface area contributed by atoms with Gasteiger partial charge < -0.3 is 4.90 Å². The third-order valence-electron chi connectivity index (χ3n) is 3.74. The fraction of sp³-hybridized carbons (Fsp3) is 0.467. The van der Waals surface area contributed by atoms with E-state index in [0.717, 1.165) is 6.42 Å². The van der Waals surface area contributed by atoms with Gasteiger partial charge in [0.2, 0.25) is 0 Å². The van der Waals surface area contributed by atoms with Crippen LogP contribution >= 0.6 is 23.2 Å². The fourth-order valence-corrected chi connectivity index (χ4v) is 2.87. The summed E-state index contributed by atoms with van der Waals surface area (Å²) < 4.78 is 0. The zero-order valence-electron chi connectivity index (χ0n) is 11.9. The second-order valence-electron chi connectivity index (χ2n) is 5.01. The van der Waals surface area contributed by atoms with Gasteiger partial charge in [-0.25, -0.2) is 0 Å². The second-order valence-corrected chi connectivity index (χ2v) is 5.85. The van der Waals surface area contributed by atoms with Crippen molar-refractivity contribution in [2.75, 3.05) is 26.2 Å². The Labute approximate surface area is 134 Å². The van der Waals surface area contributed by atoms with Gasteiger partial charge in [0.15, 0.2) is 0 Å². The lowest BCUT2D eigenvalue weighted by Gasteiger charge is -2.36. The molecule has 2 rings (SSSR count). The quantitative estimate of drug-likeness (QED) is 0.858. The Kier molecular flexibility index (Phi) is 5.46. The predicted octanol–water partition coefficient (Wildman–Crippen LogP) is 3.05. The molecule has 1 aliphatic heterocycles. The zero-order chi connectivity index (χ0) is 15.4. The summed E-state index contributed by atoms with van der Waals surface area (Å²) in [7, 11) is 0. The van der Waals surface area contributed by atoms with Crippen LogP contribution in [-0.4, -0.2) is 47.9 Å². The standard InChI is InChI=1S/C15H17Cl2N3O/c1-2-12(10-18)19-5-7-20(8-6-19)15(21)13-9-11(16)3-4-14(13)17/h3-4,9,12H,2,5-8H2,1H3. The summed E-state index contributed by atoms with van der Waals surface area (Å²) in [4.78, 5) is 16.4. The normalized spacial score (nSPS) is 17.3. The van der Waals surface area contributed by atoms with E-state index >= 15 is 0 Å². The van der Waals surface area contributed by atoms with Crippen molar-refractivity contribution in [3.05, 3.63) is 33.8 Å². The summed E-state index contributed by atoms with van der Waals surface area (Å²) in [5.74, 6) is -0.104. The van der Waals surface area contributed by atoms with Gasteiger partial charge in [-0.15, -0.1) is 0 Å². The van der Waals surface area contributed by atoms with Crippen molar-refractivity contribution in [3.63, 3.8) is 0 Å². The lowest BCUT2D eigenvalue weighted by Crippen LogP contribution is -2.51. The van der Waals surface area contributed by atoms with Gasteiger partial charge in [0.05, 0.1) is 22.7 Å². The molecule has 6 heteroatoms. The molecular formula is C15H17Cl2N3O. The summed E-state index contributed by atoms with van der Waals surface area (Å²) in [5, 5.41) is 10.0. The molecule has 0 saturated carbocycles. The summed E-state index contributed by atoms with van der Waals surface area (Å²) in [6, 6.07) is 7.12. The largest absolute Gasteiger partial charge is 0.336 e. The third kappa shape index (κ3) is 3.68. The van der Waals surface area contributed by atoms with Crippen molar-refractivity contribution >= 4 is 29.1 Å². The monoisotopic (exact) mass is 325 g/mol. The minimum Gasteiger partial charge on any atom is -0.336 e. The molecule has 1 saturated heterocycles. The zero-order valence-corrected chi connectivity index (χ0v) is 13.4. The summed E-state index contributed by atoms with van der Waals surface area (Å²) >= 11 is 12.0. The molecule has 1 heterocycles. The lowest BCUT2D eigenvalue weighted by molar-refractivity contribution is 0.0604. The van der Waals surface area contributed by atoms with Gasteiger partial charge >= 0.3 is 0 Å². The van der Waals surface area contributed by atoms with E-state index < -0.39 is 0 Å². The van der Waals surface area contributed by atoms with E-state index in [1.807, 2.05) is 6.92 Å². The van der Waals surface area contributed by atoms with Gasteiger partial charge in [-0.2, -0.15) is 5.26 Å². The number of nitriles is 1. The number of hydrogen-bond donors (Lipinski definition) is 0. The van der Waals surface area contributed by atoms with Crippen LogP contribution in [0.1, 0.15) is 23.7 Å². The van der Waals surface area contributed by atoms with E-state index in [2.05, 4.69) is 11.0 Å². The molecule has 0 aromatic heterocycles. The highest BCUT2D eigenvalue weighted by Crippen LogP contribution is 2.23. The van der Waals surface area contributed by atoms with Crippen LogP contribution in [0, 0.1) is 11.3 Å². The minimum absolute atomic E-state index is 0.0722. The average molecular weight is 326 g/mol. The maximum Gasteiger partial charge on any atom is 0.255 e. The molecule has 0 aliphatic carbocycles. The maximum absolute atomic E-state index is 12.5. The topological polar surface area (TPSA) is 47.3 Å². The average Bonchev–Trinajstić information content (AvgIpc) is 2.51. The van der Waals surface area contributed by atoms with Gasteiger partial charge in [0, 0.05) is 31.2 Å². The number of carbonyl (C=O) groups excluding carboxylic acids is 1. The van der Waals surface area contributed by atoms with Gasteiger partial charge in [-0.05, 0) is 24.6 Å². The molecular weight excluding hydrogens is 309 g/mol. The Morgan fingerprint density at radius 2 is 2.00 bits per heavy atom. The van der Waals surface area contributed by atoms with Crippen molar-refractivity contribution in [1.29, 1.82) is 5.26 Å². The SMILES string of the molecule is CCC(C#N)N1CCN(C(=O)c2cc(Cl)ccc2Cl)CC1. The van der Waals surface area contributed by atoms with Crippen LogP contribution < -0.4 is 0 Å². The number of piperazine rings is 1. The van der Waals surface area contributed by atoms with Gasteiger partial charge in [0.1, 0.15) is 0 Å². The van der Waals surface area contributed by atoms with Crippen LogP contribution in [0.3, 0.4) is 0 Å². The molecule has 1 aromatic rings. The Morgan fingerprint density at radius 1 is 1.33 bits per heavy atom. The summed E-state index contributed by atoms with van der Waals surface area (Å²) in [6.45, 7) is 4.60. The molecule has 1 aromatic carbocycles. The number of benzene rings is 1. The molecule has 1 unspecified atom stereocenters. The van der Waals surface area contributed by atoms with Crippen LogP contribution in [0.4, 0.5) is 0 Å². The van der Waals surface area contributed by atoms with E-state index in [1.165, 1.54) is 0 Å². The number of hydrogen-bond acceptors (Lipinski definition) is 3. The van der Waals surface area contributed by atoms with Crippen LogP contribution in [0.2, 0.25) is 10.0 Å². The van der Waals surface area contributed by atoms with Crippen LogP contribution in [0.5, 0.6) is 0 Å². The third-order valence-corrected chi connectivity index (χ3v) is 4.30. The smallest absolute Gasteiger partial charge is 0.255 e. The first-order valence-corrected chi connectivity index (χ1v) is 7.70. The van der Waals surface area contributed by atoms with Gasteiger partial charge in [-0.1, -0.05) is 30.1 Å². The van der Waals surface area contributed by atoms with Crippen LogP contribution in [0.25, 0.3) is 0 Å². The van der Waals surface area contributed by atoms with E-state index in [4.69, 9.17) is 28.5 Å². The highest BCUT2D eigenvalue weighted by molar-refractivity contribution is 6.35. The molecule has 0 spiro atoms.